The molecule has 7 heteroatoms. The first-order chi connectivity index (χ1) is 15.0. The predicted octanol–water partition coefficient (Wildman–Crippen LogP) is 2.87. The molecule has 176 valence electrons. The van der Waals surface area contributed by atoms with E-state index in [9.17, 15) is 19.5 Å². The molecular formula is C25H35NO6. The third kappa shape index (κ3) is 2.75. The summed E-state index contributed by atoms with van der Waals surface area (Å²) in [5.74, 6) is 1.03. The van der Waals surface area contributed by atoms with Gasteiger partial charge in [0.25, 0.3) is 0 Å². The van der Waals surface area contributed by atoms with Gasteiger partial charge in [-0.25, -0.2) is 4.99 Å². The van der Waals surface area contributed by atoms with Gasteiger partial charge in [0.1, 0.15) is 11.9 Å². The van der Waals surface area contributed by atoms with Crippen molar-refractivity contribution < 1.29 is 29.0 Å². The van der Waals surface area contributed by atoms with Crippen LogP contribution in [0.5, 0.6) is 0 Å². The quantitative estimate of drug-likeness (QED) is 0.670. The number of rotatable bonds is 3. The summed E-state index contributed by atoms with van der Waals surface area (Å²) in [5.41, 5.74) is -1.74. The van der Waals surface area contributed by atoms with Crippen LogP contribution in [0.3, 0.4) is 0 Å². The zero-order valence-corrected chi connectivity index (χ0v) is 19.6. The molecular weight excluding hydrogens is 410 g/mol. The molecule has 0 aromatic rings. The van der Waals surface area contributed by atoms with E-state index in [0.29, 0.717) is 36.9 Å². The van der Waals surface area contributed by atoms with E-state index in [1.807, 2.05) is 0 Å². The molecule has 5 aliphatic rings. The average molecular weight is 446 g/mol. The molecule has 0 spiro atoms. The molecule has 0 aromatic carbocycles. The number of aliphatic imine (C=N–C) groups is 1. The second kappa shape index (κ2) is 7.12. The number of hydrogen-bond acceptors (Lipinski definition) is 7. The van der Waals surface area contributed by atoms with E-state index in [4.69, 9.17) is 14.5 Å². The van der Waals surface area contributed by atoms with Crippen LogP contribution in [0.25, 0.3) is 0 Å². The molecule has 9 atom stereocenters. The Bertz CT molecular complexity index is 899. The highest BCUT2D eigenvalue weighted by Crippen LogP contribution is 2.70. The highest BCUT2D eigenvalue weighted by molar-refractivity contribution is 5.97. The van der Waals surface area contributed by atoms with Crippen molar-refractivity contribution in [1.82, 2.24) is 0 Å². The van der Waals surface area contributed by atoms with Crippen LogP contribution in [-0.4, -0.2) is 52.9 Å². The summed E-state index contributed by atoms with van der Waals surface area (Å²) in [6.45, 7) is 7.12. The lowest BCUT2D eigenvalue weighted by atomic mass is 9.43. The van der Waals surface area contributed by atoms with Crippen LogP contribution in [0.15, 0.2) is 4.99 Å². The van der Waals surface area contributed by atoms with Gasteiger partial charge < -0.3 is 14.6 Å². The summed E-state index contributed by atoms with van der Waals surface area (Å²) < 4.78 is 11.2. The van der Waals surface area contributed by atoms with E-state index in [0.717, 1.165) is 25.7 Å². The van der Waals surface area contributed by atoms with Gasteiger partial charge in [-0.15, -0.1) is 0 Å². The maximum atomic E-state index is 13.6. The van der Waals surface area contributed by atoms with E-state index in [2.05, 4.69) is 13.8 Å². The van der Waals surface area contributed by atoms with Crippen molar-refractivity contribution in [2.24, 2.45) is 39.5 Å². The van der Waals surface area contributed by atoms with Crippen LogP contribution < -0.4 is 0 Å². The number of ketones is 2. The lowest BCUT2D eigenvalue weighted by Gasteiger charge is -2.62. The Hall–Kier alpha value is -1.76. The van der Waals surface area contributed by atoms with Crippen LogP contribution in [0.4, 0.5) is 0 Å². The lowest BCUT2D eigenvalue weighted by Crippen LogP contribution is -2.63. The van der Waals surface area contributed by atoms with E-state index in [-0.39, 0.29) is 41.7 Å². The van der Waals surface area contributed by atoms with E-state index in [1.54, 1.807) is 6.92 Å². The summed E-state index contributed by atoms with van der Waals surface area (Å²) in [6, 6.07) is 0. The Kier molecular flexibility index (Phi) is 4.90. The number of esters is 1. The molecule has 4 fully saturated rings. The highest BCUT2D eigenvalue weighted by atomic mass is 16.5. The summed E-state index contributed by atoms with van der Waals surface area (Å²) in [5, 5.41) is 11.6. The van der Waals surface area contributed by atoms with Crippen molar-refractivity contribution in [1.29, 1.82) is 0 Å². The molecule has 3 unspecified atom stereocenters. The first-order valence-corrected chi connectivity index (χ1v) is 12.1. The van der Waals surface area contributed by atoms with Crippen LogP contribution in [0.1, 0.15) is 72.6 Å². The summed E-state index contributed by atoms with van der Waals surface area (Å²) >= 11 is 0. The molecule has 32 heavy (non-hydrogen) atoms. The fourth-order valence-corrected chi connectivity index (χ4v) is 8.81. The van der Waals surface area contributed by atoms with Gasteiger partial charge in [0.15, 0.2) is 18.0 Å². The molecule has 0 saturated heterocycles. The molecule has 0 amide bonds. The van der Waals surface area contributed by atoms with Crippen LogP contribution >= 0.6 is 0 Å². The number of carbonyl (C=O) groups is 3. The van der Waals surface area contributed by atoms with E-state index < -0.39 is 23.0 Å². The summed E-state index contributed by atoms with van der Waals surface area (Å²) in [7, 11) is 0. The van der Waals surface area contributed by atoms with E-state index >= 15 is 0 Å². The van der Waals surface area contributed by atoms with Gasteiger partial charge in [-0.1, -0.05) is 13.8 Å². The molecule has 7 nitrogen and oxygen atoms in total. The van der Waals surface area contributed by atoms with Crippen LogP contribution in [0, 0.1) is 34.5 Å². The predicted molar refractivity (Wildman–Crippen MR) is 116 cm³/mol. The Morgan fingerprint density at radius 2 is 2.03 bits per heavy atom. The highest BCUT2D eigenvalue weighted by Gasteiger charge is 2.75. The minimum Gasteiger partial charge on any atom is -0.475 e. The first kappa shape index (κ1) is 22.1. The molecule has 4 saturated carbocycles. The van der Waals surface area contributed by atoms with Crippen molar-refractivity contribution in [3.63, 3.8) is 0 Å². The second-order valence-corrected chi connectivity index (χ2v) is 11.5. The second-order valence-electron chi connectivity index (χ2n) is 11.5. The molecule has 5 rings (SSSR count). The van der Waals surface area contributed by atoms with Gasteiger partial charge in [0, 0.05) is 32.1 Å². The van der Waals surface area contributed by atoms with Crippen molar-refractivity contribution >= 4 is 23.4 Å². The molecule has 1 N–H and O–H groups in total. The fourth-order valence-electron chi connectivity index (χ4n) is 8.81. The Labute approximate surface area is 189 Å². The summed E-state index contributed by atoms with van der Waals surface area (Å²) in [6.07, 6.45) is 4.27. The molecule has 1 aliphatic heterocycles. The van der Waals surface area contributed by atoms with E-state index in [1.165, 1.54) is 6.92 Å². The Morgan fingerprint density at radius 1 is 1.28 bits per heavy atom. The molecule has 4 aliphatic carbocycles. The molecule has 1 heterocycles. The molecule has 0 bridgehead atoms. The number of carbonyl (C=O) groups excluding carboxylic acids is 3. The standard InChI is InChI=1S/C25H35NO6/c1-13-26-25(20(30)12-31-14(2)27)21(32-13)10-18-17-6-5-15-9-16(28)7-8-23(15,3)22(17)19(29)11-24(18,25)4/h15,17-19,21-22,29H,5-12H2,1-4H3/t15?,17?,18?,19-,21+,22+,23-,24-,25+/m0/s1. The van der Waals surface area contributed by atoms with Crippen molar-refractivity contribution in [3.05, 3.63) is 0 Å². The van der Waals surface area contributed by atoms with Gasteiger partial charge in [-0.2, -0.15) is 0 Å². The monoisotopic (exact) mass is 445 g/mol. The van der Waals surface area contributed by atoms with Crippen molar-refractivity contribution in [2.45, 2.75) is 90.4 Å². The topological polar surface area (TPSA) is 102 Å². The van der Waals surface area contributed by atoms with Gasteiger partial charge >= 0.3 is 5.97 Å². The van der Waals surface area contributed by atoms with Crippen LogP contribution in [-0.2, 0) is 23.9 Å². The third-order valence-corrected chi connectivity index (χ3v) is 10.1. The number of ether oxygens (including phenoxy) is 2. The maximum Gasteiger partial charge on any atom is 0.303 e. The minimum absolute atomic E-state index is 0.0514. The number of hydrogen-bond donors (Lipinski definition) is 1. The summed E-state index contributed by atoms with van der Waals surface area (Å²) in [4.78, 5) is 41.9. The zero-order chi connectivity index (χ0) is 23.1. The van der Waals surface area contributed by atoms with Gasteiger partial charge in [0.2, 0.25) is 5.78 Å². The third-order valence-electron chi connectivity index (χ3n) is 10.1. The number of nitrogens with zero attached hydrogens (tertiary/aromatic N) is 1. The van der Waals surface area contributed by atoms with Gasteiger partial charge in [-0.05, 0) is 61.2 Å². The van der Waals surface area contributed by atoms with Gasteiger partial charge in [-0.3, -0.25) is 14.4 Å². The number of aliphatic hydroxyl groups excluding tert-OH is 1. The van der Waals surface area contributed by atoms with Crippen molar-refractivity contribution in [3.8, 4) is 0 Å². The van der Waals surface area contributed by atoms with Crippen LogP contribution in [0.2, 0.25) is 0 Å². The van der Waals surface area contributed by atoms with Gasteiger partial charge in [0.05, 0.1) is 6.10 Å². The largest absolute Gasteiger partial charge is 0.475 e. The maximum absolute atomic E-state index is 13.6. The number of aliphatic hydroxyl groups is 1. The smallest absolute Gasteiger partial charge is 0.303 e. The van der Waals surface area contributed by atoms with Crippen molar-refractivity contribution in [2.75, 3.05) is 6.61 Å². The Morgan fingerprint density at radius 3 is 2.75 bits per heavy atom. The Balaban J connectivity index is 1.53. The molecule has 0 radical (unpaired) electrons. The first-order valence-electron chi connectivity index (χ1n) is 12.1. The average Bonchev–Trinajstić information content (AvgIpc) is 3.17. The normalized spacial score (nSPS) is 49.2. The SMILES string of the molecule is CC(=O)OCC(=O)[C@@]12N=C(C)O[C@@H]1CC1C3CCC4CC(=O)CC[C@]4(C)[C@H]3[C@@H](O)C[C@@]12C. The number of Topliss-reactive ketones (excluding diaryl/α,β-unsaturated/α-hetero) is 2. The fraction of sp³-hybridized carbons (Fsp3) is 0.840. The minimum atomic E-state index is -1.12. The lowest BCUT2D eigenvalue weighted by molar-refractivity contribution is -0.177. The zero-order valence-electron chi connectivity index (χ0n) is 19.6. The number of fused-ring (bicyclic) bond motifs is 7. The molecule has 0 aromatic heterocycles.